The third-order valence-corrected chi connectivity index (χ3v) is 2.87. The second kappa shape index (κ2) is 3.91. The quantitative estimate of drug-likeness (QED) is 0.599. The number of rotatable bonds is 2. The zero-order valence-electron chi connectivity index (χ0n) is 6.38. The molecule has 1 aromatic rings. The molecule has 0 heterocycles. The summed E-state index contributed by atoms with van der Waals surface area (Å²) in [7, 11) is -4.41. The maximum atomic E-state index is 11.1. The Labute approximate surface area is 79.1 Å². The maximum Gasteiger partial charge on any atom is 0.327 e. The Balaban J connectivity index is 2.82. The van der Waals surface area contributed by atoms with Crippen LogP contribution in [0, 0.1) is 0 Å². The maximum absolute atomic E-state index is 11.1. The molecule has 0 fully saturated rings. The average molecular weight is 218 g/mol. The van der Waals surface area contributed by atoms with Crippen molar-refractivity contribution in [2.45, 2.75) is 0 Å². The zero-order valence-corrected chi connectivity index (χ0v) is 8.01. The summed E-state index contributed by atoms with van der Waals surface area (Å²) in [6.07, 6.45) is 0. The lowest BCUT2D eigenvalue weighted by molar-refractivity contribution is 0.109. The highest BCUT2D eigenvalue weighted by atomic mass is 33.1. The third-order valence-electron chi connectivity index (χ3n) is 1.19. The molecule has 0 bridgehead atoms. The van der Waals surface area contributed by atoms with Crippen LogP contribution in [0.5, 0.6) is 0 Å². The van der Waals surface area contributed by atoms with E-state index in [2.05, 4.69) is 0 Å². The monoisotopic (exact) mass is 218 g/mol. The molecule has 1 rings (SSSR count). The summed E-state index contributed by atoms with van der Waals surface area (Å²) < 4.78 is 29.0. The smallest absolute Gasteiger partial charge is 0.280 e. The van der Waals surface area contributed by atoms with Gasteiger partial charge in [-0.1, -0.05) is 30.3 Å². The SMILES string of the molecule is O=C(SS(=O)(=O)O)c1ccccc1. The fourth-order valence-corrected chi connectivity index (χ4v) is 2.00. The van der Waals surface area contributed by atoms with Crippen LogP contribution in [-0.4, -0.2) is 18.1 Å². The van der Waals surface area contributed by atoms with Crippen molar-refractivity contribution in [2.75, 3.05) is 0 Å². The molecule has 0 aliphatic rings. The van der Waals surface area contributed by atoms with Gasteiger partial charge in [0, 0.05) is 5.56 Å². The molecule has 6 heteroatoms. The Morgan fingerprint density at radius 3 is 2.23 bits per heavy atom. The Bertz CT molecular complexity index is 396. The van der Waals surface area contributed by atoms with Gasteiger partial charge < -0.3 is 0 Å². The Kier molecular flexibility index (Phi) is 3.07. The van der Waals surface area contributed by atoms with Gasteiger partial charge in [0.25, 0.3) is 0 Å². The van der Waals surface area contributed by atoms with Gasteiger partial charge in [0.05, 0.1) is 10.8 Å². The molecule has 0 atom stereocenters. The van der Waals surface area contributed by atoms with Crippen molar-refractivity contribution in [3.63, 3.8) is 0 Å². The van der Waals surface area contributed by atoms with Gasteiger partial charge >= 0.3 is 9.15 Å². The topological polar surface area (TPSA) is 71.4 Å². The molecular formula is C7H6O4S2. The molecule has 70 valence electrons. The Morgan fingerprint density at radius 2 is 1.77 bits per heavy atom. The molecule has 1 aromatic carbocycles. The first-order valence-electron chi connectivity index (χ1n) is 3.25. The number of carbonyl (C=O) groups excluding carboxylic acids is 1. The Hall–Kier alpha value is -0.850. The molecule has 0 amide bonds. The fourth-order valence-electron chi connectivity index (χ4n) is 0.718. The summed E-state index contributed by atoms with van der Waals surface area (Å²) in [4.78, 5) is 11.1. The van der Waals surface area contributed by atoms with E-state index in [0.29, 0.717) is 0 Å². The summed E-state index contributed by atoms with van der Waals surface area (Å²) in [5, 5.41) is -0.692. The molecule has 0 aliphatic carbocycles. The molecule has 0 saturated carbocycles. The van der Waals surface area contributed by atoms with Crippen molar-refractivity contribution < 1.29 is 17.8 Å². The van der Waals surface area contributed by atoms with Crippen molar-refractivity contribution in [3.05, 3.63) is 35.9 Å². The lowest BCUT2D eigenvalue weighted by Gasteiger charge is -1.95. The summed E-state index contributed by atoms with van der Waals surface area (Å²) in [6.45, 7) is 0. The van der Waals surface area contributed by atoms with Crippen LogP contribution in [0.15, 0.2) is 30.3 Å². The van der Waals surface area contributed by atoms with E-state index in [1.165, 1.54) is 12.1 Å². The van der Waals surface area contributed by atoms with Crippen LogP contribution in [0.3, 0.4) is 0 Å². The molecule has 0 aliphatic heterocycles. The zero-order chi connectivity index (χ0) is 9.90. The largest absolute Gasteiger partial charge is 0.327 e. The van der Waals surface area contributed by atoms with Crippen molar-refractivity contribution in [1.29, 1.82) is 0 Å². The normalized spacial score (nSPS) is 11.2. The van der Waals surface area contributed by atoms with E-state index in [0.717, 1.165) is 0 Å². The average Bonchev–Trinajstić information content (AvgIpc) is 2.03. The third kappa shape index (κ3) is 3.58. The summed E-state index contributed by atoms with van der Waals surface area (Å²) in [5.41, 5.74) is 0.241. The summed E-state index contributed by atoms with van der Waals surface area (Å²) in [5.74, 6) is 0. The molecule has 0 aromatic heterocycles. The van der Waals surface area contributed by atoms with Crippen molar-refractivity contribution in [2.24, 2.45) is 0 Å². The van der Waals surface area contributed by atoms with E-state index in [-0.39, 0.29) is 16.4 Å². The lowest BCUT2D eigenvalue weighted by atomic mass is 10.2. The van der Waals surface area contributed by atoms with E-state index in [9.17, 15) is 13.2 Å². The minimum absolute atomic E-state index is 0.101. The molecule has 4 nitrogen and oxygen atoms in total. The second-order valence-electron chi connectivity index (χ2n) is 2.16. The van der Waals surface area contributed by atoms with Gasteiger partial charge in [-0.2, -0.15) is 8.42 Å². The first-order chi connectivity index (χ1) is 5.99. The van der Waals surface area contributed by atoms with Gasteiger partial charge in [-0.3, -0.25) is 9.35 Å². The molecule has 0 radical (unpaired) electrons. The fraction of sp³-hybridized carbons (Fsp3) is 0. The van der Waals surface area contributed by atoms with E-state index in [1.54, 1.807) is 18.2 Å². The van der Waals surface area contributed by atoms with E-state index in [4.69, 9.17) is 4.55 Å². The lowest BCUT2D eigenvalue weighted by Crippen LogP contribution is -1.99. The number of benzene rings is 1. The Morgan fingerprint density at radius 1 is 1.23 bits per heavy atom. The van der Waals surface area contributed by atoms with Crippen LogP contribution in [0.1, 0.15) is 10.4 Å². The van der Waals surface area contributed by atoms with Crippen molar-refractivity contribution >= 4 is 25.1 Å². The summed E-state index contributed by atoms with van der Waals surface area (Å²) in [6, 6.07) is 7.87. The second-order valence-corrected chi connectivity index (χ2v) is 5.32. The van der Waals surface area contributed by atoms with Gasteiger partial charge in [-0.25, -0.2) is 0 Å². The van der Waals surface area contributed by atoms with E-state index >= 15 is 0 Å². The van der Waals surface area contributed by atoms with Gasteiger partial charge in [-0.15, -0.1) is 0 Å². The van der Waals surface area contributed by atoms with Crippen LogP contribution in [0.25, 0.3) is 0 Å². The van der Waals surface area contributed by atoms with Crippen LogP contribution < -0.4 is 0 Å². The minimum Gasteiger partial charge on any atom is -0.280 e. The predicted molar refractivity (Wildman–Crippen MR) is 49.9 cm³/mol. The number of hydrogen-bond acceptors (Lipinski definition) is 4. The van der Waals surface area contributed by atoms with Gasteiger partial charge in [0.1, 0.15) is 0 Å². The molecule has 13 heavy (non-hydrogen) atoms. The van der Waals surface area contributed by atoms with E-state index in [1.807, 2.05) is 0 Å². The van der Waals surface area contributed by atoms with Crippen LogP contribution >= 0.6 is 10.8 Å². The predicted octanol–water partition coefficient (Wildman–Crippen LogP) is 1.36. The molecule has 0 saturated heterocycles. The molecule has 1 N–H and O–H groups in total. The van der Waals surface area contributed by atoms with Crippen LogP contribution in [0.2, 0.25) is 0 Å². The van der Waals surface area contributed by atoms with Crippen LogP contribution in [-0.2, 0) is 9.15 Å². The van der Waals surface area contributed by atoms with Gasteiger partial charge in [0.2, 0.25) is 5.12 Å². The first-order valence-corrected chi connectivity index (χ1v) is 6.02. The first kappa shape index (κ1) is 10.2. The van der Waals surface area contributed by atoms with Crippen molar-refractivity contribution in [3.8, 4) is 0 Å². The van der Waals surface area contributed by atoms with Gasteiger partial charge in [-0.05, 0) is 0 Å². The standard InChI is InChI=1S/C7H6O4S2/c8-7(12-13(9,10)11)6-4-2-1-3-5-6/h1-5H,(H,9,10,11). The highest BCUT2D eigenvalue weighted by molar-refractivity contribution is 8.76. The molecule has 0 unspecified atom stereocenters. The van der Waals surface area contributed by atoms with Crippen LogP contribution in [0.4, 0.5) is 0 Å². The molecule has 0 spiro atoms. The minimum atomic E-state index is -4.30. The highest BCUT2D eigenvalue weighted by Gasteiger charge is 2.15. The molecular weight excluding hydrogens is 212 g/mol. The van der Waals surface area contributed by atoms with Crippen molar-refractivity contribution in [1.82, 2.24) is 0 Å². The number of carbonyl (C=O) groups is 1. The summed E-state index contributed by atoms with van der Waals surface area (Å²) >= 11 is 0. The highest BCUT2D eigenvalue weighted by Crippen LogP contribution is 2.16. The van der Waals surface area contributed by atoms with E-state index < -0.39 is 14.3 Å². The number of hydrogen-bond donors (Lipinski definition) is 1. The van der Waals surface area contributed by atoms with Gasteiger partial charge in [0.15, 0.2) is 0 Å².